The Labute approximate surface area is 109 Å². The van der Waals surface area contributed by atoms with Crippen molar-refractivity contribution in [3.63, 3.8) is 0 Å². The van der Waals surface area contributed by atoms with Crippen LogP contribution in [-0.4, -0.2) is 41.2 Å². The van der Waals surface area contributed by atoms with Gasteiger partial charge in [-0.25, -0.2) is 0 Å². The van der Waals surface area contributed by atoms with Gasteiger partial charge in [-0.1, -0.05) is 17.9 Å². The fourth-order valence-electron chi connectivity index (χ4n) is 2.40. The number of aromatic nitrogens is 1. The van der Waals surface area contributed by atoms with Crippen molar-refractivity contribution in [2.45, 2.75) is 25.2 Å². The Balaban J connectivity index is 1.87. The Morgan fingerprint density at radius 3 is 3.17 bits per heavy atom. The maximum absolute atomic E-state index is 8.67. The summed E-state index contributed by atoms with van der Waals surface area (Å²) in [5.74, 6) is 6.70. The zero-order chi connectivity index (χ0) is 12.6. The second-order valence-corrected chi connectivity index (χ2v) is 4.69. The van der Waals surface area contributed by atoms with Crippen LogP contribution in [-0.2, 0) is 0 Å². The van der Waals surface area contributed by atoms with E-state index in [2.05, 4.69) is 27.8 Å². The van der Waals surface area contributed by atoms with E-state index in [0.29, 0.717) is 12.3 Å². The molecule has 0 spiro atoms. The van der Waals surface area contributed by atoms with Gasteiger partial charge in [0.25, 0.3) is 0 Å². The van der Waals surface area contributed by atoms with E-state index in [9.17, 15) is 0 Å². The number of likely N-dealkylation sites (tertiary alicyclic amines) is 1. The summed E-state index contributed by atoms with van der Waals surface area (Å²) in [5.41, 5.74) is 1.34. The third-order valence-electron chi connectivity index (χ3n) is 3.33. The lowest BCUT2D eigenvalue weighted by Gasteiger charge is -2.31. The highest BCUT2D eigenvalue weighted by molar-refractivity contribution is 5.16. The number of aliphatic hydroxyl groups excluding tert-OH is 1. The maximum Gasteiger partial charge on any atom is 0.0601 e. The van der Waals surface area contributed by atoms with Crippen molar-refractivity contribution in [2.24, 2.45) is 0 Å². The van der Waals surface area contributed by atoms with Crippen LogP contribution < -0.4 is 0 Å². The van der Waals surface area contributed by atoms with E-state index in [4.69, 9.17) is 5.11 Å². The van der Waals surface area contributed by atoms with Crippen molar-refractivity contribution in [1.29, 1.82) is 0 Å². The minimum atomic E-state index is 0.158. The number of hydrogen-bond donors (Lipinski definition) is 1. The zero-order valence-corrected chi connectivity index (χ0v) is 10.7. The summed E-state index contributed by atoms with van der Waals surface area (Å²) in [6.45, 7) is 3.17. The van der Waals surface area contributed by atoms with E-state index < -0.39 is 0 Å². The summed E-state index contributed by atoms with van der Waals surface area (Å²) in [5, 5.41) is 8.67. The molecule has 1 saturated heterocycles. The highest BCUT2D eigenvalue weighted by Gasteiger charge is 2.20. The summed E-state index contributed by atoms with van der Waals surface area (Å²) < 4.78 is 0. The molecular weight excluding hydrogens is 224 g/mol. The maximum atomic E-state index is 8.67. The van der Waals surface area contributed by atoms with Crippen LogP contribution in [0, 0.1) is 11.8 Å². The normalized spacial score (nSPS) is 20.2. The molecule has 1 aliphatic rings. The molecule has 18 heavy (non-hydrogen) atoms. The molecule has 0 bridgehead atoms. The molecule has 1 aromatic rings. The van der Waals surface area contributed by atoms with Crippen molar-refractivity contribution < 1.29 is 5.11 Å². The van der Waals surface area contributed by atoms with Gasteiger partial charge in [-0.2, -0.15) is 0 Å². The second-order valence-electron chi connectivity index (χ2n) is 4.69. The summed E-state index contributed by atoms with van der Waals surface area (Å²) in [6.07, 6.45) is 6.85. The van der Waals surface area contributed by atoms with Gasteiger partial charge in [-0.05, 0) is 36.9 Å². The fraction of sp³-hybridized carbons (Fsp3) is 0.533. The molecule has 0 aliphatic carbocycles. The third-order valence-corrected chi connectivity index (χ3v) is 3.33. The summed E-state index contributed by atoms with van der Waals surface area (Å²) in [6, 6.07) is 4.17. The second kappa shape index (κ2) is 7.15. The Hall–Kier alpha value is -1.37. The highest BCUT2D eigenvalue weighted by atomic mass is 16.2. The molecule has 1 aromatic heterocycles. The van der Waals surface area contributed by atoms with Gasteiger partial charge in [0, 0.05) is 25.4 Å². The lowest BCUT2D eigenvalue weighted by atomic mass is 9.92. The minimum Gasteiger partial charge on any atom is -0.395 e. The Morgan fingerprint density at radius 1 is 1.44 bits per heavy atom. The topological polar surface area (TPSA) is 36.4 Å². The fourth-order valence-corrected chi connectivity index (χ4v) is 2.40. The van der Waals surface area contributed by atoms with Crippen molar-refractivity contribution in [1.82, 2.24) is 9.88 Å². The average molecular weight is 244 g/mol. The van der Waals surface area contributed by atoms with Crippen LogP contribution in [0.1, 0.15) is 30.7 Å². The van der Waals surface area contributed by atoms with Crippen molar-refractivity contribution in [3.8, 4) is 11.8 Å². The van der Waals surface area contributed by atoms with Crippen LogP contribution in [0.5, 0.6) is 0 Å². The van der Waals surface area contributed by atoms with Crippen LogP contribution >= 0.6 is 0 Å². The number of aliphatic hydroxyl groups is 1. The molecule has 1 N–H and O–H groups in total. The third kappa shape index (κ3) is 3.83. The van der Waals surface area contributed by atoms with E-state index in [0.717, 1.165) is 19.6 Å². The van der Waals surface area contributed by atoms with Crippen LogP contribution in [0.25, 0.3) is 0 Å². The standard InChI is InChI=1S/C15H20N2O/c18-11-3-1-2-9-17-10-5-7-15(13-17)14-6-4-8-16-12-14/h4,6,8,12,15,18H,3,5,7,9-11,13H2. The first-order chi connectivity index (χ1) is 8.90. The first kappa shape index (κ1) is 13.1. The predicted octanol–water partition coefficient (Wildman–Crippen LogP) is 1.65. The van der Waals surface area contributed by atoms with E-state index in [1.807, 2.05) is 18.5 Å². The Kier molecular flexibility index (Phi) is 5.19. The van der Waals surface area contributed by atoms with Gasteiger partial charge in [0.05, 0.1) is 13.2 Å². The molecule has 0 saturated carbocycles. The lowest BCUT2D eigenvalue weighted by molar-refractivity contribution is 0.231. The predicted molar refractivity (Wildman–Crippen MR) is 72.1 cm³/mol. The SMILES string of the molecule is OCCC#CCN1CCCC(c2cccnc2)C1. The number of piperidine rings is 1. The number of hydrogen-bond acceptors (Lipinski definition) is 3. The van der Waals surface area contributed by atoms with Gasteiger partial charge < -0.3 is 5.11 Å². The Bertz CT molecular complexity index is 407. The van der Waals surface area contributed by atoms with E-state index in [1.54, 1.807) is 0 Å². The molecule has 2 rings (SSSR count). The zero-order valence-electron chi connectivity index (χ0n) is 10.7. The molecule has 0 radical (unpaired) electrons. The first-order valence-electron chi connectivity index (χ1n) is 6.59. The van der Waals surface area contributed by atoms with Crippen molar-refractivity contribution in [3.05, 3.63) is 30.1 Å². The molecule has 1 atom stereocenters. The molecule has 0 amide bonds. The molecule has 96 valence electrons. The van der Waals surface area contributed by atoms with Gasteiger partial charge in [0.2, 0.25) is 0 Å². The smallest absolute Gasteiger partial charge is 0.0601 e. The van der Waals surface area contributed by atoms with Crippen LogP contribution in [0.2, 0.25) is 0 Å². The lowest BCUT2D eigenvalue weighted by Crippen LogP contribution is -2.34. The highest BCUT2D eigenvalue weighted by Crippen LogP contribution is 2.25. The summed E-state index contributed by atoms with van der Waals surface area (Å²) >= 11 is 0. The molecule has 0 aromatic carbocycles. The molecule has 1 fully saturated rings. The van der Waals surface area contributed by atoms with Gasteiger partial charge in [-0.15, -0.1) is 0 Å². The van der Waals surface area contributed by atoms with E-state index in [-0.39, 0.29) is 6.61 Å². The van der Waals surface area contributed by atoms with E-state index in [1.165, 1.54) is 18.4 Å². The quantitative estimate of drug-likeness (QED) is 0.821. The van der Waals surface area contributed by atoms with Gasteiger partial charge in [0.15, 0.2) is 0 Å². The monoisotopic (exact) mass is 244 g/mol. The van der Waals surface area contributed by atoms with Gasteiger partial charge in [0.1, 0.15) is 0 Å². The largest absolute Gasteiger partial charge is 0.395 e. The number of rotatable bonds is 3. The van der Waals surface area contributed by atoms with E-state index >= 15 is 0 Å². The summed E-state index contributed by atoms with van der Waals surface area (Å²) in [7, 11) is 0. The molecule has 1 unspecified atom stereocenters. The van der Waals surface area contributed by atoms with Crippen LogP contribution in [0.3, 0.4) is 0 Å². The van der Waals surface area contributed by atoms with Gasteiger partial charge >= 0.3 is 0 Å². The van der Waals surface area contributed by atoms with Gasteiger partial charge in [-0.3, -0.25) is 9.88 Å². The first-order valence-corrected chi connectivity index (χ1v) is 6.59. The molecule has 2 heterocycles. The molecule has 3 nitrogen and oxygen atoms in total. The number of pyridine rings is 1. The average Bonchev–Trinajstić information content (AvgIpc) is 2.45. The van der Waals surface area contributed by atoms with Crippen molar-refractivity contribution >= 4 is 0 Å². The van der Waals surface area contributed by atoms with Crippen molar-refractivity contribution in [2.75, 3.05) is 26.2 Å². The molecular formula is C15H20N2O. The Morgan fingerprint density at radius 2 is 2.39 bits per heavy atom. The van der Waals surface area contributed by atoms with Crippen LogP contribution in [0.15, 0.2) is 24.5 Å². The minimum absolute atomic E-state index is 0.158. The molecule has 3 heteroatoms. The summed E-state index contributed by atoms with van der Waals surface area (Å²) in [4.78, 5) is 6.59. The molecule has 1 aliphatic heterocycles. The van der Waals surface area contributed by atoms with Crippen LogP contribution in [0.4, 0.5) is 0 Å². The number of nitrogens with zero attached hydrogens (tertiary/aromatic N) is 2.